The molecule has 2 atom stereocenters. The molecule has 1 heterocycles. The second-order valence-electron chi connectivity index (χ2n) is 8.17. The first-order chi connectivity index (χ1) is 13.5. The van der Waals surface area contributed by atoms with Crippen LogP contribution in [0.4, 0.5) is 4.39 Å². The maximum atomic E-state index is 15.2. The van der Waals surface area contributed by atoms with E-state index in [9.17, 15) is 4.79 Å². The van der Waals surface area contributed by atoms with Gasteiger partial charge in [0.25, 0.3) is 0 Å². The number of carbonyl (C=O) groups is 1. The molecule has 0 spiro atoms. The lowest BCUT2D eigenvalue weighted by Crippen LogP contribution is -2.47. The summed E-state index contributed by atoms with van der Waals surface area (Å²) in [6, 6.07) is 17.8. The van der Waals surface area contributed by atoms with E-state index < -0.39 is 11.6 Å². The third-order valence-corrected chi connectivity index (χ3v) is 6.06. The quantitative estimate of drug-likeness (QED) is 0.764. The fourth-order valence-electron chi connectivity index (χ4n) is 4.10. The molecule has 148 valence electrons. The van der Waals surface area contributed by atoms with Gasteiger partial charge in [-0.3, -0.25) is 4.90 Å². The van der Waals surface area contributed by atoms with E-state index in [1.807, 2.05) is 18.2 Å². The lowest BCUT2D eigenvalue weighted by molar-refractivity contribution is 0.0543. The molecule has 2 aromatic rings. The first kappa shape index (κ1) is 19.1. The van der Waals surface area contributed by atoms with E-state index in [1.54, 1.807) is 12.1 Å². The highest BCUT2D eigenvalue weighted by Crippen LogP contribution is 2.41. The molecule has 1 saturated carbocycles. The molecule has 2 aromatic carbocycles. The molecule has 0 amide bonds. The Morgan fingerprint density at radius 1 is 1.11 bits per heavy atom. The Bertz CT molecular complexity index is 801. The Balaban J connectivity index is 1.22. The summed E-state index contributed by atoms with van der Waals surface area (Å²) in [5.74, 6) is -0.386. The smallest absolute Gasteiger partial charge is 0.335 e. The highest BCUT2D eigenvalue weighted by molar-refractivity contribution is 5.87. The number of aromatic carboxylic acids is 1. The third kappa shape index (κ3) is 4.59. The lowest BCUT2D eigenvalue weighted by Gasteiger charge is -2.36. The van der Waals surface area contributed by atoms with Crippen molar-refractivity contribution in [3.8, 4) is 0 Å². The summed E-state index contributed by atoms with van der Waals surface area (Å²) in [6.07, 6.45) is 2.17. The number of benzene rings is 2. The van der Waals surface area contributed by atoms with Crippen LogP contribution in [0.5, 0.6) is 0 Å². The van der Waals surface area contributed by atoms with Crippen molar-refractivity contribution in [3.05, 3.63) is 71.3 Å². The van der Waals surface area contributed by atoms with Gasteiger partial charge in [-0.15, -0.1) is 0 Å². The van der Waals surface area contributed by atoms with Gasteiger partial charge < -0.3 is 10.4 Å². The van der Waals surface area contributed by atoms with Crippen molar-refractivity contribution in [1.82, 2.24) is 10.2 Å². The van der Waals surface area contributed by atoms with Crippen molar-refractivity contribution in [2.45, 2.75) is 43.4 Å². The van der Waals surface area contributed by atoms with Crippen molar-refractivity contribution in [1.29, 1.82) is 0 Å². The van der Waals surface area contributed by atoms with Crippen molar-refractivity contribution in [2.24, 2.45) is 0 Å². The predicted octanol–water partition coefficient (Wildman–Crippen LogP) is 3.83. The Morgan fingerprint density at radius 3 is 2.43 bits per heavy atom. The Kier molecular flexibility index (Phi) is 5.47. The van der Waals surface area contributed by atoms with Crippen LogP contribution in [0.2, 0.25) is 0 Å². The first-order valence-corrected chi connectivity index (χ1v) is 10.0. The normalized spacial score (nSPS) is 24.0. The number of nitrogens with one attached hydrogen (secondary N) is 1. The van der Waals surface area contributed by atoms with Gasteiger partial charge in [-0.2, -0.15) is 0 Å². The molecule has 1 aliphatic carbocycles. The molecule has 4 nitrogen and oxygen atoms in total. The van der Waals surface area contributed by atoms with Gasteiger partial charge in [0, 0.05) is 38.1 Å². The highest BCUT2D eigenvalue weighted by atomic mass is 19.1. The van der Waals surface area contributed by atoms with Gasteiger partial charge in [-0.1, -0.05) is 42.5 Å². The Labute approximate surface area is 165 Å². The predicted molar refractivity (Wildman–Crippen MR) is 107 cm³/mol. The van der Waals surface area contributed by atoms with Gasteiger partial charge in [-0.25, -0.2) is 9.18 Å². The molecule has 5 heteroatoms. The zero-order chi connectivity index (χ0) is 19.6. The Morgan fingerprint density at radius 2 is 1.79 bits per heavy atom. The topological polar surface area (TPSA) is 52.6 Å². The van der Waals surface area contributed by atoms with E-state index in [-0.39, 0.29) is 0 Å². The monoisotopic (exact) mass is 382 g/mol. The standard InChI is InChI=1S/C23H27FN2O2/c24-23(16-25-21-14-20(21)18-4-2-1-3-5-18)10-12-26(13-11-23)15-17-6-8-19(9-7-17)22(27)28/h1-9,20-21,25H,10-16H2,(H,27,28)/t20-,21+/m1/s1. The fraction of sp³-hybridized carbons (Fsp3) is 0.435. The second kappa shape index (κ2) is 8.02. The second-order valence-corrected chi connectivity index (χ2v) is 8.17. The van der Waals surface area contributed by atoms with Crippen LogP contribution in [0.25, 0.3) is 0 Å². The van der Waals surface area contributed by atoms with Gasteiger partial charge in [0.1, 0.15) is 5.67 Å². The zero-order valence-corrected chi connectivity index (χ0v) is 16.0. The molecule has 28 heavy (non-hydrogen) atoms. The maximum absolute atomic E-state index is 15.2. The summed E-state index contributed by atoms with van der Waals surface area (Å²) in [5.41, 5.74) is 1.58. The number of alkyl halides is 1. The van der Waals surface area contributed by atoms with Crippen molar-refractivity contribution >= 4 is 5.97 Å². The highest BCUT2D eigenvalue weighted by Gasteiger charge is 2.41. The molecule has 1 saturated heterocycles. The molecular formula is C23H27FN2O2. The minimum atomic E-state index is -1.13. The summed E-state index contributed by atoms with van der Waals surface area (Å²) in [4.78, 5) is 13.2. The number of likely N-dealkylation sites (tertiary alicyclic amines) is 1. The van der Waals surface area contributed by atoms with Crippen LogP contribution in [0.3, 0.4) is 0 Å². The number of piperidine rings is 1. The molecule has 0 bridgehead atoms. The van der Waals surface area contributed by atoms with Crippen LogP contribution in [-0.4, -0.2) is 47.3 Å². The van der Waals surface area contributed by atoms with E-state index >= 15 is 4.39 Å². The van der Waals surface area contributed by atoms with Crippen LogP contribution < -0.4 is 5.32 Å². The average Bonchev–Trinajstić information content (AvgIpc) is 3.50. The first-order valence-electron chi connectivity index (χ1n) is 10.0. The molecule has 1 aliphatic heterocycles. The van der Waals surface area contributed by atoms with Gasteiger partial charge >= 0.3 is 5.97 Å². The van der Waals surface area contributed by atoms with Crippen LogP contribution in [0, 0.1) is 0 Å². The molecule has 4 rings (SSSR count). The fourth-order valence-corrected chi connectivity index (χ4v) is 4.10. The van der Waals surface area contributed by atoms with Crippen molar-refractivity contribution in [3.63, 3.8) is 0 Å². The largest absolute Gasteiger partial charge is 0.478 e. The van der Waals surface area contributed by atoms with E-state index in [2.05, 4.69) is 34.5 Å². The molecule has 2 N–H and O–H groups in total. The molecule has 2 aliphatic rings. The van der Waals surface area contributed by atoms with Crippen LogP contribution in [0.15, 0.2) is 54.6 Å². The summed E-state index contributed by atoms with van der Waals surface area (Å²) >= 11 is 0. The van der Waals surface area contributed by atoms with E-state index in [0.29, 0.717) is 36.9 Å². The summed E-state index contributed by atoms with van der Waals surface area (Å²) in [6.45, 7) is 2.63. The Hall–Kier alpha value is -2.24. The average molecular weight is 382 g/mol. The minimum Gasteiger partial charge on any atom is -0.478 e. The molecule has 0 radical (unpaired) electrons. The van der Waals surface area contributed by atoms with E-state index in [1.165, 1.54) is 5.56 Å². The van der Waals surface area contributed by atoms with Crippen LogP contribution >= 0.6 is 0 Å². The number of rotatable bonds is 7. The molecule has 0 aromatic heterocycles. The van der Waals surface area contributed by atoms with Crippen LogP contribution in [-0.2, 0) is 6.54 Å². The van der Waals surface area contributed by atoms with Gasteiger partial charge in [0.15, 0.2) is 0 Å². The SMILES string of the molecule is O=C(O)c1ccc(CN2CCC(F)(CN[C@H]3C[C@@H]3c3ccccc3)CC2)cc1. The van der Waals surface area contributed by atoms with Crippen LogP contribution in [0.1, 0.15) is 46.7 Å². The molecular weight excluding hydrogens is 355 g/mol. The van der Waals surface area contributed by atoms with E-state index in [4.69, 9.17) is 5.11 Å². The van der Waals surface area contributed by atoms with Crippen molar-refractivity contribution < 1.29 is 14.3 Å². The number of halogens is 1. The number of hydrogen-bond acceptors (Lipinski definition) is 3. The number of carboxylic acids is 1. The molecule has 0 unspecified atom stereocenters. The van der Waals surface area contributed by atoms with E-state index in [0.717, 1.165) is 31.6 Å². The summed E-state index contributed by atoms with van der Waals surface area (Å²) in [5, 5.41) is 12.4. The minimum absolute atomic E-state index is 0.296. The van der Waals surface area contributed by atoms with Crippen molar-refractivity contribution in [2.75, 3.05) is 19.6 Å². The number of nitrogens with zero attached hydrogens (tertiary/aromatic N) is 1. The lowest BCUT2D eigenvalue weighted by atomic mass is 9.92. The van der Waals surface area contributed by atoms with Gasteiger partial charge in [0.2, 0.25) is 0 Å². The molecule has 2 fully saturated rings. The van der Waals surface area contributed by atoms with Gasteiger partial charge in [-0.05, 0) is 42.5 Å². The maximum Gasteiger partial charge on any atom is 0.335 e. The summed E-state index contributed by atoms with van der Waals surface area (Å²) < 4.78 is 15.2. The summed E-state index contributed by atoms with van der Waals surface area (Å²) in [7, 11) is 0. The zero-order valence-electron chi connectivity index (χ0n) is 16.0. The number of hydrogen-bond donors (Lipinski definition) is 2. The number of carboxylic acid groups (broad SMARTS) is 1. The van der Waals surface area contributed by atoms with Gasteiger partial charge in [0.05, 0.1) is 5.56 Å². The third-order valence-electron chi connectivity index (χ3n) is 6.06.